The van der Waals surface area contributed by atoms with E-state index in [-0.39, 0.29) is 29.5 Å². The van der Waals surface area contributed by atoms with Crippen molar-refractivity contribution in [1.82, 2.24) is 9.78 Å². The van der Waals surface area contributed by atoms with Gasteiger partial charge in [0.25, 0.3) is 5.56 Å². The second-order valence-electron chi connectivity index (χ2n) is 6.57. The maximum atomic E-state index is 12.3. The maximum absolute atomic E-state index is 12.3. The van der Waals surface area contributed by atoms with Gasteiger partial charge in [-0.15, -0.1) is 0 Å². The number of halogens is 1. The zero-order chi connectivity index (χ0) is 18.4. The van der Waals surface area contributed by atoms with Crippen molar-refractivity contribution in [2.45, 2.75) is 39.3 Å². The van der Waals surface area contributed by atoms with Crippen LogP contribution < -0.4 is 15.0 Å². The van der Waals surface area contributed by atoms with Crippen LogP contribution in [0.15, 0.2) is 35.3 Å². The molecule has 0 saturated heterocycles. The van der Waals surface area contributed by atoms with Crippen molar-refractivity contribution in [2.24, 2.45) is 0 Å². The van der Waals surface area contributed by atoms with Crippen LogP contribution in [0, 0.1) is 0 Å². The summed E-state index contributed by atoms with van der Waals surface area (Å²) in [5.41, 5.74) is 0.0790. The summed E-state index contributed by atoms with van der Waals surface area (Å²) < 4.78 is 12.4. The highest BCUT2D eigenvalue weighted by atomic mass is 35.5. The Morgan fingerprint density at radius 3 is 2.48 bits per heavy atom. The molecule has 0 fully saturated rings. The summed E-state index contributed by atoms with van der Waals surface area (Å²) in [4.78, 5) is 12.3. The van der Waals surface area contributed by atoms with E-state index in [1.807, 2.05) is 45.0 Å². The van der Waals surface area contributed by atoms with Crippen LogP contribution in [-0.4, -0.2) is 28.1 Å². The van der Waals surface area contributed by atoms with Crippen LogP contribution in [0.2, 0.25) is 5.02 Å². The highest BCUT2D eigenvalue weighted by molar-refractivity contribution is 6.31. The van der Waals surface area contributed by atoms with Gasteiger partial charge in [-0.25, -0.2) is 4.68 Å². The SMILES string of the molecule is CC(C)(C)n1ncc(OCc2ccc(OCCCO)cc2)c(Cl)c1=O. The molecule has 0 unspecified atom stereocenters. The van der Waals surface area contributed by atoms with Gasteiger partial charge in [-0.1, -0.05) is 23.7 Å². The first-order chi connectivity index (χ1) is 11.8. The second kappa shape index (κ2) is 8.36. The Bertz CT molecular complexity index is 751. The number of rotatable bonds is 7. The van der Waals surface area contributed by atoms with E-state index in [1.165, 1.54) is 10.9 Å². The Balaban J connectivity index is 2.02. The van der Waals surface area contributed by atoms with Gasteiger partial charge in [0.05, 0.1) is 18.3 Å². The summed E-state index contributed by atoms with van der Waals surface area (Å²) >= 11 is 6.13. The Labute approximate surface area is 152 Å². The van der Waals surface area contributed by atoms with Crippen molar-refractivity contribution in [3.63, 3.8) is 0 Å². The third-order valence-corrected chi connectivity index (χ3v) is 3.76. The summed E-state index contributed by atoms with van der Waals surface area (Å²) in [5.74, 6) is 0.986. The Hall–Kier alpha value is -2.05. The smallest absolute Gasteiger partial charge is 0.289 e. The molecular formula is C18H23ClN2O4. The average Bonchev–Trinajstić information content (AvgIpc) is 2.56. The third-order valence-electron chi connectivity index (χ3n) is 3.41. The lowest BCUT2D eigenvalue weighted by Gasteiger charge is -2.21. The molecule has 0 aliphatic carbocycles. The van der Waals surface area contributed by atoms with Crippen molar-refractivity contribution < 1.29 is 14.6 Å². The molecule has 6 nitrogen and oxygen atoms in total. The summed E-state index contributed by atoms with van der Waals surface area (Å²) in [6.45, 7) is 6.47. The van der Waals surface area contributed by atoms with E-state index in [0.717, 1.165) is 11.3 Å². The minimum Gasteiger partial charge on any atom is -0.494 e. The summed E-state index contributed by atoms with van der Waals surface area (Å²) in [5, 5.41) is 12.9. The molecule has 0 spiro atoms. The molecule has 7 heteroatoms. The van der Waals surface area contributed by atoms with Gasteiger partial charge in [-0.05, 0) is 38.5 Å². The number of nitrogens with zero attached hydrogens (tertiary/aromatic N) is 2. The Kier molecular flexibility index (Phi) is 6.45. The highest BCUT2D eigenvalue weighted by Crippen LogP contribution is 2.22. The molecule has 0 amide bonds. The third kappa shape index (κ3) is 5.21. The van der Waals surface area contributed by atoms with Crippen molar-refractivity contribution in [3.8, 4) is 11.5 Å². The van der Waals surface area contributed by atoms with E-state index in [4.69, 9.17) is 26.2 Å². The second-order valence-corrected chi connectivity index (χ2v) is 6.95. The van der Waals surface area contributed by atoms with Crippen LogP contribution in [0.3, 0.4) is 0 Å². The zero-order valence-electron chi connectivity index (χ0n) is 14.7. The number of aliphatic hydroxyl groups excluding tert-OH is 1. The fourth-order valence-electron chi connectivity index (χ4n) is 2.09. The number of aromatic nitrogens is 2. The first-order valence-electron chi connectivity index (χ1n) is 8.06. The average molecular weight is 367 g/mol. The summed E-state index contributed by atoms with van der Waals surface area (Å²) in [7, 11) is 0. The highest BCUT2D eigenvalue weighted by Gasteiger charge is 2.19. The number of benzene rings is 1. The van der Waals surface area contributed by atoms with Crippen molar-refractivity contribution in [2.75, 3.05) is 13.2 Å². The van der Waals surface area contributed by atoms with E-state index in [1.54, 1.807) is 0 Å². The molecule has 0 aliphatic rings. The molecule has 0 bridgehead atoms. The van der Waals surface area contributed by atoms with Gasteiger partial charge in [0.2, 0.25) is 0 Å². The van der Waals surface area contributed by atoms with Crippen molar-refractivity contribution in [3.05, 3.63) is 51.4 Å². The predicted molar refractivity (Wildman–Crippen MR) is 96.5 cm³/mol. The van der Waals surface area contributed by atoms with E-state index < -0.39 is 5.54 Å². The van der Waals surface area contributed by atoms with Crippen LogP contribution in [-0.2, 0) is 12.1 Å². The number of aliphatic hydroxyl groups is 1. The molecule has 25 heavy (non-hydrogen) atoms. The number of hydrogen-bond acceptors (Lipinski definition) is 5. The molecule has 1 heterocycles. The van der Waals surface area contributed by atoms with Crippen molar-refractivity contribution in [1.29, 1.82) is 0 Å². The van der Waals surface area contributed by atoms with Gasteiger partial charge in [0.1, 0.15) is 12.4 Å². The van der Waals surface area contributed by atoms with E-state index in [0.29, 0.717) is 13.0 Å². The van der Waals surface area contributed by atoms with E-state index in [2.05, 4.69) is 5.10 Å². The van der Waals surface area contributed by atoms with Gasteiger partial charge in [-0.3, -0.25) is 4.79 Å². The van der Waals surface area contributed by atoms with Crippen molar-refractivity contribution >= 4 is 11.6 Å². The van der Waals surface area contributed by atoms with Gasteiger partial charge < -0.3 is 14.6 Å². The first-order valence-corrected chi connectivity index (χ1v) is 8.44. The monoisotopic (exact) mass is 366 g/mol. The first kappa shape index (κ1) is 19.3. The Morgan fingerprint density at radius 2 is 1.88 bits per heavy atom. The predicted octanol–water partition coefficient (Wildman–Crippen LogP) is 2.99. The van der Waals surface area contributed by atoms with E-state index >= 15 is 0 Å². The lowest BCUT2D eigenvalue weighted by atomic mass is 10.1. The lowest BCUT2D eigenvalue weighted by Crippen LogP contribution is -2.36. The zero-order valence-corrected chi connectivity index (χ0v) is 15.4. The molecular weight excluding hydrogens is 344 g/mol. The standard InChI is InChI=1S/C18H23ClN2O4/c1-18(2,3)21-17(23)16(19)15(11-20-21)25-12-13-5-7-14(8-6-13)24-10-4-9-22/h5-8,11,22H,4,9-10,12H2,1-3H3. The minimum absolute atomic E-state index is 0.0221. The maximum Gasteiger partial charge on any atom is 0.289 e. The molecule has 1 aromatic heterocycles. The molecule has 0 saturated carbocycles. The number of ether oxygens (including phenoxy) is 2. The molecule has 0 atom stereocenters. The van der Waals surface area contributed by atoms with Crippen LogP contribution >= 0.6 is 11.6 Å². The fraction of sp³-hybridized carbons (Fsp3) is 0.444. The largest absolute Gasteiger partial charge is 0.494 e. The topological polar surface area (TPSA) is 73.6 Å². The molecule has 2 rings (SSSR count). The van der Waals surface area contributed by atoms with Crippen LogP contribution in [0.5, 0.6) is 11.5 Å². The molecule has 136 valence electrons. The summed E-state index contributed by atoms with van der Waals surface area (Å²) in [6.07, 6.45) is 2.05. The minimum atomic E-state index is -0.453. The quantitative estimate of drug-likeness (QED) is 0.762. The van der Waals surface area contributed by atoms with Crippen LogP contribution in [0.1, 0.15) is 32.8 Å². The van der Waals surface area contributed by atoms with Crippen LogP contribution in [0.25, 0.3) is 0 Å². The molecule has 1 N–H and O–H groups in total. The molecule has 0 radical (unpaired) electrons. The fourth-order valence-corrected chi connectivity index (χ4v) is 2.28. The lowest BCUT2D eigenvalue weighted by molar-refractivity contribution is 0.233. The van der Waals surface area contributed by atoms with Gasteiger partial charge >= 0.3 is 0 Å². The van der Waals surface area contributed by atoms with Crippen LogP contribution in [0.4, 0.5) is 0 Å². The van der Waals surface area contributed by atoms with Gasteiger partial charge in [-0.2, -0.15) is 5.10 Å². The normalized spacial score (nSPS) is 11.4. The van der Waals surface area contributed by atoms with E-state index in [9.17, 15) is 4.79 Å². The summed E-state index contributed by atoms with van der Waals surface area (Å²) in [6, 6.07) is 7.39. The molecule has 2 aromatic rings. The van der Waals surface area contributed by atoms with Gasteiger partial charge in [0, 0.05) is 13.0 Å². The number of hydrogen-bond donors (Lipinski definition) is 1. The molecule has 1 aromatic carbocycles. The Morgan fingerprint density at radius 1 is 1.20 bits per heavy atom. The molecule has 0 aliphatic heterocycles. The van der Waals surface area contributed by atoms with Gasteiger partial charge in [0.15, 0.2) is 10.8 Å².